The van der Waals surface area contributed by atoms with Crippen LogP contribution in [0.4, 0.5) is 5.69 Å². The van der Waals surface area contributed by atoms with Crippen molar-refractivity contribution < 1.29 is 9.66 Å². The minimum atomic E-state index is -0.430. The van der Waals surface area contributed by atoms with Gasteiger partial charge in [-0.2, -0.15) is 0 Å². The molecule has 0 spiro atoms. The van der Waals surface area contributed by atoms with Crippen LogP contribution < -0.4 is 4.74 Å². The molecule has 0 amide bonds. The number of nitro groups is 1. The molecule has 0 bridgehead atoms. The molecule has 0 aliphatic rings. The number of rotatable bonds is 3. The van der Waals surface area contributed by atoms with Gasteiger partial charge in [0.15, 0.2) is 5.06 Å². The summed E-state index contributed by atoms with van der Waals surface area (Å²) in [7, 11) is 0. The molecule has 2 aromatic rings. The average Bonchev–Trinajstić information content (AvgIpc) is 2.65. The summed E-state index contributed by atoms with van der Waals surface area (Å²) in [5.74, 6) is 0.608. The van der Waals surface area contributed by atoms with Gasteiger partial charge in [0.2, 0.25) is 0 Å². The van der Waals surface area contributed by atoms with Gasteiger partial charge in [-0.1, -0.05) is 0 Å². The van der Waals surface area contributed by atoms with E-state index in [2.05, 4.69) is 0 Å². The van der Waals surface area contributed by atoms with Gasteiger partial charge in [-0.25, -0.2) is 0 Å². The highest BCUT2D eigenvalue weighted by Crippen LogP contribution is 2.30. The summed E-state index contributed by atoms with van der Waals surface area (Å²) in [5, 5.41) is 13.2. The van der Waals surface area contributed by atoms with E-state index in [1.807, 2.05) is 18.4 Å². The van der Waals surface area contributed by atoms with E-state index in [9.17, 15) is 10.1 Å². The highest BCUT2D eigenvalue weighted by Gasteiger charge is 2.06. The molecule has 82 valence electrons. The van der Waals surface area contributed by atoms with Gasteiger partial charge in [0.05, 0.1) is 4.92 Å². The quantitative estimate of drug-likeness (QED) is 0.601. The molecular weight excluding hydrogens is 226 g/mol. The van der Waals surface area contributed by atoms with E-state index < -0.39 is 4.92 Å². The Morgan fingerprint density at radius 3 is 2.44 bits per heavy atom. The minimum absolute atomic E-state index is 0.0650. The number of thiophene rings is 1. The maximum atomic E-state index is 10.5. The smallest absolute Gasteiger partial charge is 0.269 e. The van der Waals surface area contributed by atoms with Crippen LogP contribution in [-0.4, -0.2) is 4.92 Å². The molecule has 1 aromatic heterocycles. The van der Waals surface area contributed by atoms with Crippen LogP contribution in [0, 0.1) is 17.0 Å². The van der Waals surface area contributed by atoms with E-state index >= 15 is 0 Å². The fourth-order valence-corrected chi connectivity index (χ4v) is 2.00. The molecular formula is C11H9NO3S. The van der Waals surface area contributed by atoms with E-state index in [1.54, 1.807) is 12.1 Å². The van der Waals surface area contributed by atoms with Gasteiger partial charge >= 0.3 is 0 Å². The fraction of sp³-hybridized carbons (Fsp3) is 0.0909. The van der Waals surface area contributed by atoms with E-state index in [0.717, 1.165) is 10.6 Å². The van der Waals surface area contributed by atoms with Crippen molar-refractivity contribution in [3.05, 3.63) is 51.4 Å². The lowest BCUT2D eigenvalue weighted by Gasteiger charge is -2.03. The number of nitrogens with zero attached hydrogens (tertiary/aromatic N) is 1. The van der Waals surface area contributed by atoms with Crippen LogP contribution in [0.1, 0.15) is 5.56 Å². The molecule has 0 radical (unpaired) electrons. The van der Waals surface area contributed by atoms with Crippen LogP contribution in [0.2, 0.25) is 0 Å². The Hall–Kier alpha value is -1.88. The predicted octanol–water partition coefficient (Wildman–Crippen LogP) is 3.76. The third-order valence-corrected chi connectivity index (χ3v) is 2.96. The Kier molecular flexibility index (Phi) is 2.87. The first-order chi connectivity index (χ1) is 7.66. The molecule has 5 heteroatoms. The summed E-state index contributed by atoms with van der Waals surface area (Å²) in [4.78, 5) is 10.0. The van der Waals surface area contributed by atoms with Crippen molar-refractivity contribution in [3.8, 4) is 10.8 Å². The average molecular weight is 235 g/mol. The molecule has 4 nitrogen and oxygen atoms in total. The van der Waals surface area contributed by atoms with Crippen molar-refractivity contribution in [1.82, 2.24) is 0 Å². The lowest BCUT2D eigenvalue weighted by molar-refractivity contribution is -0.384. The van der Waals surface area contributed by atoms with Crippen LogP contribution in [0.5, 0.6) is 10.8 Å². The largest absolute Gasteiger partial charge is 0.446 e. The summed E-state index contributed by atoms with van der Waals surface area (Å²) in [5.41, 5.74) is 1.12. The molecule has 0 saturated heterocycles. The predicted molar refractivity (Wildman–Crippen MR) is 62.2 cm³/mol. The van der Waals surface area contributed by atoms with Crippen molar-refractivity contribution >= 4 is 17.0 Å². The highest BCUT2D eigenvalue weighted by molar-refractivity contribution is 7.12. The minimum Gasteiger partial charge on any atom is -0.446 e. The van der Waals surface area contributed by atoms with Crippen LogP contribution in [0.3, 0.4) is 0 Å². The van der Waals surface area contributed by atoms with Crippen LogP contribution in [-0.2, 0) is 0 Å². The van der Waals surface area contributed by atoms with Crippen molar-refractivity contribution in [2.45, 2.75) is 6.92 Å². The van der Waals surface area contributed by atoms with Crippen LogP contribution >= 0.6 is 11.3 Å². The van der Waals surface area contributed by atoms with Crippen LogP contribution in [0.15, 0.2) is 35.7 Å². The van der Waals surface area contributed by atoms with Gasteiger partial charge in [-0.15, -0.1) is 11.3 Å². The Labute approximate surface area is 96.3 Å². The van der Waals surface area contributed by atoms with Gasteiger partial charge in [0.25, 0.3) is 5.69 Å². The number of hydrogen-bond acceptors (Lipinski definition) is 4. The van der Waals surface area contributed by atoms with Gasteiger partial charge in [0, 0.05) is 17.7 Å². The molecule has 2 rings (SSSR count). The van der Waals surface area contributed by atoms with E-state index in [4.69, 9.17) is 4.74 Å². The van der Waals surface area contributed by atoms with Gasteiger partial charge < -0.3 is 4.74 Å². The number of hydrogen-bond donors (Lipinski definition) is 0. The Balaban J connectivity index is 2.17. The maximum absolute atomic E-state index is 10.5. The summed E-state index contributed by atoms with van der Waals surface area (Å²) in [6.45, 7) is 1.96. The third kappa shape index (κ3) is 2.20. The summed E-state index contributed by atoms with van der Waals surface area (Å²) in [6.07, 6.45) is 0. The molecule has 0 saturated carbocycles. The first-order valence-corrected chi connectivity index (χ1v) is 5.51. The fourth-order valence-electron chi connectivity index (χ4n) is 1.21. The second kappa shape index (κ2) is 4.32. The summed E-state index contributed by atoms with van der Waals surface area (Å²) < 4.78 is 5.58. The Bertz CT molecular complexity index is 504. The van der Waals surface area contributed by atoms with Crippen molar-refractivity contribution in [3.63, 3.8) is 0 Å². The van der Waals surface area contributed by atoms with Crippen molar-refractivity contribution in [2.75, 3.05) is 0 Å². The molecule has 0 aliphatic carbocycles. The van der Waals surface area contributed by atoms with Gasteiger partial charge in [0.1, 0.15) is 5.75 Å². The number of non-ortho nitro benzene ring substituents is 1. The van der Waals surface area contributed by atoms with E-state index in [-0.39, 0.29) is 5.69 Å². The first kappa shape index (κ1) is 10.6. The molecule has 0 aliphatic heterocycles. The first-order valence-electron chi connectivity index (χ1n) is 4.63. The second-order valence-corrected chi connectivity index (χ2v) is 4.12. The highest BCUT2D eigenvalue weighted by atomic mass is 32.1. The number of ether oxygens (including phenoxy) is 1. The molecule has 0 atom stereocenters. The zero-order chi connectivity index (χ0) is 11.5. The lowest BCUT2D eigenvalue weighted by atomic mass is 10.3. The molecule has 1 heterocycles. The summed E-state index contributed by atoms with van der Waals surface area (Å²) in [6, 6.07) is 8.01. The zero-order valence-electron chi connectivity index (χ0n) is 8.54. The van der Waals surface area contributed by atoms with Crippen LogP contribution in [0.25, 0.3) is 0 Å². The molecule has 0 unspecified atom stereocenters. The second-order valence-electron chi connectivity index (χ2n) is 3.24. The Morgan fingerprint density at radius 1 is 1.25 bits per heavy atom. The SMILES string of the molecule is Cc1ccsc1Oc1ccc([N+](=O)[O-])cc1. The number of nitro benzene ring substituents is 1. The van der Waals surface area contributed by atoms with Crippen molar-refractivity contribution in [2.24, 2.45) is 0 Å². The Morgan fingerprint density at radius 2 is 1.94 bits per heavy atom. The summed E-state index contributed by atoms with van der Waals surface area (Å²) >= 11 is 1.50. The third-order valence-electron chi connectivity index (χ3n) is 2.07. The lowest BCUT2D eigenvalue weighted by Crippen LogP contribution is -1.88. The van der Waals surface area contributed by atoms with Gasteiger partial charge in [-0.05, 0) is 30.5 Å². The van der Waals surface area contributed by atoms with Crippen molar-refractivity contribution in [1.29, 1.82) is 0 Å². The number of aryl methyl sites for hydroxylation is 1. The molecule has 0 fully saturated rings. The molecule has 0 N–H and O–H groups in total. The van der Waals surface area contributed by atoms with E-state index in [0.29, 0.717) is 5.75 Å². The monoisotopic (exact) mass is 235 g/mol. The maximum Gasteiger partial charge on any atom is 0.269 e. The van der Waals surface area contributed by atoms with E-state index in [1.165, 1.54) is 23.5 Å². The number of benzene rings is 1. The standard InChI is InChI=1S/C11H9NO3S/c1-8-6-7-16-11(8)15-10-4-2-9(3-5-10)12(13)14/h2-7H,1H3. The molecule has 1 aromatic carbocycles. The van der Waals surface area contributed by atoms with Gasteiger partial charge in [-0.3, -0.25) is 10.1 Å². The zero-order valence-corrected chi connectivity index (χ0v) is 9.36. The molecule has 16 heavy (non-hydrogen) atoms. The topological polar surface area (TPSA) is 52.4 Å². The normalized spacial score (nSPS) is 10.1.